The summed E-state index contributed by atoms with van der Waals surface area (Å²) in [5.41, 5.74) is 6.41. The maximum absolute atomic E-state index is 13.0. The van der Waals surface area contributed by atoms with E-state index in [4.69, 9.17) is 10.5 Å². The van der Waals surface area contributed by atoms with Gasteiger partial charge in [0.2, 0.25) is 0 Å². The number of nitrogen functional groups attached to an aromatic ring is 1. The lowest BCUT2D eigenvalue weighted by Crippen LogP contribution is -2.71. The number of anilines is 2. The van der Waals surface area contributed by atoms with E-state index in [0.29, 0.717) is 24.2 Å². The van der Waals surface area contributed by atoms with Crippen molar-refractivity contribution in [1.82, 2.24) is 15.2 Å². The summed E-state index contributed by atoms with van der Waals surface area (Å²) in [6.07, 6.45) is 1.63. The number of nitrogens with two attached hydrogens (primary N) is 1. The molecule has 17 heteroatoms. The summed E-state index contributed by atoms with van der Waals surface area (Å²) in [6.45, 7) is 2.88. The van der Waals surface area contributed by atoms with Crippen LogP contribution in [0.15, 0.2) is 66.6 Å². The lowest BCUT2D eigenvalue weighted by Gasteiger charge is -2.49. The van der Waals surface area contributed by atoms with E-state index in [9.17, 15) is 29.5 Å². The number of rotatable bonds is 8. The van der Waals surface area contributed by atoms with Gasteiger partial charge in [-0.2, -0.15) is 0 Å². The molecule has 1 unspecified atom stereocenters. The van der Waals surface area contributed by atoms with Gasteiger partial charge in [0, 0.05) is 46.1 Å². The maximum Gasteiger partial charge on any atom is 0.352 e. The number of thiazole rings is 1. The number of carboxylic acid groups (broad SMARTS) is 1. The van der Waals surface area contributed by atoms with Gasteiger partial charge in [0.05, 0.1) is 17.4 Å². The Balaban J connectivity index is 1.17. The number of aromatic nitrogens is 1. The topological polar surface area (TPSA) is 188 Å². The van der Waals surface area contributed by atoms with Crippen LogP contribution in [0.1, 0.15) is 5.69 Å². The van der Waals surface area contributed by atoms with Gasteiger partial charge in [0.1, 0.15) is 22.8 Å². The summed E-state index contributed by atoms with van der Waals surface area (Å²) in [5.74, 6) is -2.46. The predicted octanol–water partition coefficient (Wildman–Crippen LogP) is 2.36. The molecule has 2 fully saturated rings. The highest BCUT2D eigenvalue weighted by atomic mass is 32.2. The molecule has 0 radical (unpaired) electrons. The van der Waals surface area contributed by atoms with Crippen LogP contribution in [0, 0.1) is 0 Å². The van der Waals surface area contributed by atoms with E-state index in [0.717, 1.165) is 43.9 Å². The number of allylic oxidation sites excluding steroid dienone is 1. The number of nitrogens with zero attached hydrogens (tertiary/aromatic N) is 4. The van der Waals surface area contributed by atoms with Crippen molar-refractivity contribution >= 4 is 90.6 Å². The second-order valence-corrected chi connectivity index (χ2v) is 14.0. The highest BCUT2D eigenvalue weighted by molar-refractivity contribution is 8.04. The SMILES string of the molecule is Nc1nc(C(=NO)C(=O)NC2C(=O)N3C(C(=O)O)=C(C=CSc4cc(=O)c5ccc(N6CCOCC6)cc5s4)CS[C@H]23)cs1. The monoisotopic (exact) mass is 672 g/mol. The number of aliphatic carboxylic acids is 1. The number of morpholine rings is 1. The van der Waals surface area contributed by atoms with Crippen LogP contribution in [-0.4, -0.2) is 87.2 Å². The van der Waals surface area contributed by atoms with Gasteiger partial charge in [-0.3, -0.25) is 19.3 Å². The van der Waals surface area contributed by atoms with Crippen molar-refractivity contribution in [3.63, 3.8) is 0 Å². The van der Waals surface area contributed by atoms with E-state index in [1.54, 1.807) is 17.6 Å². The number of carbonyl (C=O) groups is 3. The highest BCUT2D eigenvalue weighted by Crippen LogP contribution is 2.41. The Hall–Kier alpha value is -3.90. The molecule has 44 heavy (non-hydrogen) atoms. The number of oxime groups is 1. The second kappa shape index (κ2) is 12.6. The zero-order chi connectivity index (χ0) is 31.0. The van der Waals surface area contributed by atoms with E-state index < -0.39 is 34.9 Å². The van der Waals surface area contributed by atoms with E-state index in [1.807, 2.05) is 18.2 Å². The number of thioether (sulfide) groups is 2. The van der Waals surface area contributed by atoms with Crippen LogP contribution in [-0.2, 0) is 19.1 Å². The Labute approximate surface area is 266 Å². The molecule has 1 aromatic carbocycles. The quantitative estimate of drug-likeness (QED) is 0.0901. The van der Waals surface area contributed by atoms with Crippen LogP contribution in [0.25, 0.3) is 10.1 Å². The standard InChI is InChI=1S/C27H24N6O7S4/c28-27-29-16(12-43-27)20(31-39)23(35)30-21-24(36)33-22(26(37)38)13(11-42-25(21)33)3-8-41-19-10-17(34)15-2-1-14(9-18(15)44-19)32-4-6-40-7-5-32/h1-3,8-10,12,21,25,39H,4-7,11H2,(H2,28,29)(H,30,35)(H,37,38)/t21?,25-/m1/s1. The molecular formula is C27H24N6O7S4. The molecule has 5 heterocycles. The first-order chi connectivity index (χ1) is 21.2. The number of ether oxygens (including phenoxy) is 1. The minimum atomic E-state index is -1.28. The van der Waals surface area contributed by atoms with E-state index in [1.165, 1.54) is 40.2 Å². The van der Waals surface area contributed by atoms with Crippen LogP contribution in [0.2, 0.25) is 0 Å². The average molecular weight is 673 g/mol. The molecule has 2 amide bonds. The minimum Gasteiger partial charge on any atom is -0.477 e. The summed E-state index contributed by atoms with van der Waals surface area (Å²) < 4.78 is 7.03. The summed E-state index contributed by atoms with van der Waals surface area (Å²) in [5, 5.41) is 28.1. The Kier molecular flexibility index (Phi) is 8.64. The molecule has 0 aliphatic carbocycles. The Morgan fingerprint density at radius 3 is 2.73 bits per heavy atom. The Morgan fingerprint density at radius 2 is 2.02 bits per heavy atom. The third kappa shape index (κ3) is 5.80. The maximum atomic E-state index is 13.0. The smallest absolute Gasteiger partial charge is 0.352 e. The first-order valence-electron chi connectivity index (χ1n) is 13.1. The van der Waals surface area contributed by atoms with Crippen LogP contribution in [0.3, 0.4) is 0 Å². The van der Waals surface area contributed by atoms with Gasteiger partial charge in [0.15, 0.2) is 16.3 Å². The second-order valence-electron chi connectivity index (χ2n) is 9.69. The van der Waals surface area contributed by atoms with E-state index >= 15 is 0 Å². The van der Waals surface area contributed by atoms with Crippen molar-refractivity contribution in [2.75, 3.05) is 42.7 Å². The first-order valence-corrected chi connectivity index (χ1v) is 16.8. The summed E-state index contributed by atoms with van der Waals surface area (Å²) in [6, 6.07) is 6.34. The number of carboxylic acids is 1. The number of hydrogen-bond acceptors (Lipinski definition) is 14. The predicted molar refractivity (Wildman–Crippen MR) is 171 cm³/mol. The van der Waals surface area contributed by atoms with Crippen molar-refractivity contribution in [3.8, 4) is 0 Å². The first kappa shape index (κ1) is 30.1. The number of nitrogens with one attached hydrogen (secondary N) is 1. The third-order valence-electron chi connectivity index (χ3n) is 7.09. The summed E-state index contributed by atoms with van der Waals surface area (Å²) in [7, 11) is 0. The minimum absolute atomic E-state index is 0.0532. The van der Waals surface area contributed by atoms with Crippen molar-refractivity contribution in [3.05, 3.63) is 68.3 Å². The molecule has 228 valence electrons. The van der Waals surface area contributed by atoms with Crippen LogP contribution in [0.4, 0.5) is 10.8 Å². The number of β-lactam (4-membered cyclic amide) rings is 1. The van der Waals surface area contributed by atoms with Crippen molar-refractivity contribution in [2.45, 2.75) is 15.6 Å². The van der Waals surface area contributed by atoms with Crippen LogP contribution >= 0.6 is 46.2 Å². The molecule has 3 aromatic rings. The normalized spacial score (nSPS) is 20.6. The molecule has 2 saturated heterocycles. The number of benzene rings is 1. The molecule has 2 atom stereocenters. The highest BCUT2D eigenvalue weighted by Gasteiger charge is 2.54. The molecule has 3 aliphatic heterocycles. The number of amides is 2. The van der Waals surface area contributed by atoms with Crippen molar-refractivity contribution in [2.24, 2.45) is 5.16 Å². The van der Waals surface area contributed by atoms with Gasteiger partial charge in [0.25, 0.3) is 11.8 Å². The number of carbonyl (C=O) groups excluding carboxylic acids is 2. The fourth-order valence-electron chi connectivity index (χ4n) is 4.97. The van der Waals surface area contributed by atoms with Gasteiger partial charge in [-0.05, 0) is 35.3 Å². The number of hydrogen-bond donors (Lipinski definition) is 4. The molecule has 0 bridgehead atoms. The molecule has 0 spiro atoms. The fraction of sp³-hybridized carbons (Fsp3) is 0.259. The third-order valence-corrected chi connectivity index (χ3v) is 11.1. The van der Waals surface area contributed by atoms with Gasteiger partial charge < -0.3 is 31.0 Å². The lowest BCUT2D eigenvalue weighted by atomic mass is 10.0. The van der Waals surface area contributed by atoms with Crippen molar-refractivity contribution < 1.29 is 29.4 Å². The molecular weight excluding hydrogens is 649 g/mol. The molecule has 3 aliphatic rings. The molecule has 13 nitrogen and oxygen atoms in total. The zero-order valence-electron chi connectivity index (χ0n) is 22.7. The van der Waals surface area contributed by atoms with E-state index in [2.05, 4.69) is 20.4 Å². The van der Waals surface area contributed by atoms with Crippen LogP contribution in [0.5, 0.6) is 0 Å². The number of fused-ring (bicyclic) bond motifs is 2. The fourth-order valence-corrected chi connectivity index (χ4v) is 8.85. The van der Waals surface area contributed by atoms with Gasteiger partial charge >= 0.3 is 5.97 Å². The molecule has 5 N–H and O–H groups in total. The molecule has 0 saturated carbocycles. The Bertz CT molecular complexity index is 1810. The van der Waals surface area contributed by atoms with Gasteiger partial charge in [-0.25, -0.2) is 9.78 Å². The van der Waals surface area contributed by atoms with E-state index in [-0.39, 0.29) is 27.7 Å². The largest absolute Gasteiger partial charge is 0.477 e. The molecule has 2 aromatic heterocycles. The van der Waals surface area contributed by atoms with Crippen LogP contribution < -0.4 is 21.4 Å². The average Bonchev–Trinajstić information content (AvgIpc) is 3.45. The Morgan fingerprint density at radius 1 is 1.23 bits per heavy atom. The van der Waals surface area contributed by atoms with Gasteiger partial charge in [-0.1, -0.05) is 16.9 Å². The lowest BCUT2D eigenvalue weighted by molar-refractivity contribution is -0.150. The summed E-state index contributed by atoms with van der Waals surface area (Å²) >= 11 is 5.11. The zero-order valence-corrected chi connectivity index (χ0v) is 25.9. The summed E-state index contributed by atoms with van der Waals surface area (Å²) in [4.78, 5) is 58.1. The van der Waals surface area contributed by atoms with Crippen molar-refractivity contribution in [1.29, 1.82) is 0 Å². The molecule has 6 rings (SSSR count). The van der Waals surface area contributed by atoms with Gasteiger partial charge in [-0.15, -0.1) is 34.4 Å².